The van der Waals surface area contributed by atoms with E-state index in [1.165, 1.54) is 0 Å². The Morgan fingerprint density at radius 3 is 1.95 bits per heavy atom. The Labute approximate surface area is 117 Å². The van der Waals surface area contributed by atoms with Crippen molar-refractivity contribution in [3.63, 3.8) is 0 Å². The molecule has 0 heterocycles. The van der Waals surface area contributed by atoms with Crippen molar-refractivity contribution in [2.75, 3.05) is 13.1 Å². The Kier molecular flexibility index (Phi) is 6.27. The molecule has 0 radical (unpaired) electrons. The monoisotopic (exact) mass is 286 g/mol. The van der Waals surface area contributed by atoms with Crippen molar-refractivity contribution in [1.82, 2.24) is 10.2 Å². The van der Waals surface area contributed by atoms with Crippen LogP contribution in [0.25, 0.3) is 0 Å². The molecule has 1 aliphatic carbocycles. The zero-order chi connectivity index (χ0) is 15.1. The van der Waals surface area contributed by atoms with Crippen LogP contribution in [0.4, 0.5) is 4.79 Å². The number of hydrogen-bond donors (Lipinski definition) is 3. The van der Waals surface area contributed by atoms with E-state index in [1.54, 1.807) is 0 Å². The summed E-state index contributed by atoms with van der Waals surface area (Å²) in [5, 5.41) is 20.1. The van der Waals surface area contributed by atoms with Crippen LogP contribution in [0.3, 0.4) is 0 Å². The normalized spacial score (nSPS) is 22.1. The predicted molar refractivity (Wildman–Crippen MR) is 71.4 cm³/mol. The van der Waals surface area contributed by atoms with Crippen LogP contribution in [0.15, 0.2) is 0 Å². The van der Waals surface area contributed by atoms with Crippen molar-refractivity contribution in [3.05, 3.63) is 0 Å². The minimum atomic E-state index is -1.23. The van der Waals surface area contributed by atoms with Crippen molar-refractivity contribution >= 4 is 18.0 Å². The molecular weight excluding hydrogens is 264 g/mol. The second-order valence-electron chi connectivity index (χ2n) is 5.22. The van der Waals surface area contributed by atoms with Crippen molar-refractivity contribution in [1.29, 1.82) is 0 Å². The molecule has 7 heteroatoms. The SMILES string of the molecule is CCC1CCC(NC(=O)N(CC(=O)O)CC(=O)O)CC1. The molecule has 2 amide bonds. The third kappa shape index (κ3) is 5.46. The summed E-state index contributed by atoms with van der Waals surface area (Å²) in [4.78, 5) is 34.0. The molecule has 1 fully saturated rings. The Morgan fingerprint density at radius 1 is 1.05 bits per heavy atom. The van der Waals surface area contributed by atoms with E-state index >= 15 is 0 Å². The third-order valence-corrected chi connectivity index (χ3v) is 3.69. The Hall–Kier alpha value is -1.79. The number of hydrogen-bond acceptors (Lipinski definition) is 3. The number of nitrogens with zero attached hydrogens (tertiary/aromatic N) is 1. The molecule has 0 aliphatic heterocycles. The highest BCUT2D eigenvalue weighted by Crippen LogP contribution is 2.26. The highest BCUT2D eigenvalue weighted by Gasteiger charge is 2.25. The topological polar surface area (TPSA) is 107 Å². The van der Waals surface area contributed by atoms with Crippen LogP contribution < -0.4 is 5.32 Å². The lowest BCUT2D eigenvalue weighted by Crippen LogP contribution is -2.49. The molecule has 0 bridgehead atoms. The smallest absolute Gasteiger partial charge is 0.323 e. The average molecular weight is 286 g/mol. The highest BCUT2D eigenvalue weighted by atomic mass is 16.4. The van der Waals surface area contributed by atoms with E-state index in [2.05, 4.69) is 12.2 Å². The summed E-state index contributed by atoms with van der Waals surface area (Å²) in [5.41, 5.74) is 0. The lowest BCUT2D eigenvalue weighted by Gasteiger charge is -2.30. The van der Waals surface area contributed by atoms with E-state index in [9.17, 15) is 14.4 Å². The predicted octanol–water partition coefficient (Wildman–Crippen LogP) is 1.14. The lowest BCUT2D eigenvalue weighted by atomic mass is 9.84. The maximum Gasteiger partial charge on any atom is 0.323 e. The summed E-state index contributed by atoms with van der Waals surface area (Å²) in [6, 6.07) is -0.606. The minimum absolute atomic E-state index is 0.00962. The minimum Gasteiger partial charge on any atom is -0.480 e. The van der Waals surface area contributed by atoms with E-state index < -0.39 is 31.1 Å². The fourth-order valence-corrected chi connectivity index (χ4v) is 2.51. The fraction of sp³-hybridized carbons (Fsp3) is 0.769. The molecule has 20 heavy (non-hydrogen) atoms. The number of carbonyl (C=O) groups is 3. The summed E-state index contributed by atoms with van der Waals surface area (Å²) in [6.07, 6.45) is 4.93. The Morgan fingerprint density at radius 2 is 1.55 bits per heavy atom. The number of carbonyl (C=O) groups excluding carboxylic acids is 1. The first-order chi connectivity index (χ1) is 9.42. The van der Waals surface area contributed by atoms with Gasteiger partial charge in [-0.3, -0.25) is 9.59 Å². The van der Waals surface area contributed by atoms with Crippen LogP contribution >= 0.6 is 0 Å². The largest absolute Gasteiger partial charge is 0.480 e. The van der Waals surface area contributed by atoms with Crippen LogP contribution in [0.1, 0.15) is 39.0 Å². The third-order valence-electron chi connectivity index (χ3n) is 3.69. The first-order valence-corrected chi connectivity index (χ1v) is 6.91. The zero-order valence-corrected chi connectivity index (χ0v) is 11.7. The number of nitrogens with one attached hydrogen (secondary N) is 1. The van der Waals surface area contributed by atoms with E-state index in [0.29, 0.717) is 5.92 Å². The Bertz CT molecular complexity index is 348. The first kappa shape index (κ1) is 16.3. The number of urea groups is 1. The number of carboxylic acid groups (broad SMARTS) is 2. The van der Waals surface area contributed by atoms with Gasteiger partial charge in [0, 0.05) is 6.04 Å². The molecule has 114 valence electrons. The second kappa shape index (κ2) is 7.72. The summed E-state index contributed by atoms with van der Waals surface area (Å²) in [5.74, 6) is -1.76. The van der Waals surface area contributed by atoms with Crippen molar-refractivity contribution in [2.24, 2.45) is 5.92 Å². The molecule has 0 spiro atoms. The molecule has 0 unspecified atom stereocenters. The quantitative estimate of drug-likeness (QED) is 0.678. The van der Waals surface area contributed by atoms with Crippen molar-refractivity contribution in [2.45, 2.75) is 45.1 Å². The summed E-state index contributed by atoms with van der Waals surface area (Å²) < 4.78 is 0. The molecule has 1 saturated carbocycles. The van der Waals surface area contributed by atoms with Gasteiger partial charge in [0.1, 0.15) is 13.1 Å². The summed E-state index contributed by atoms with van der Waals surface area (Å²) in [7, 11) is 0. The van der Waals surface area contributed by atoms with Crippen LogP contribution in [0.2, 0.25) is 0 Å². The number of carboxylic acids is 2. The van der Waals surface area contributed by atoms with E-state index in [0.717, 1.165) is 37.0 Å². The molecule has 7 nitrogen and oxygen atoms in total. The summed E-state index contributed by atoms with van der Waals surface area (Å²) >= 11 is 0. The van der Waals surface area contributed by atoms with Crippen molar-refractivity contribution < 1.29 is 24.6 Å². The maximum atomic E-state index is 11.9. The number of rotatable bonds is 6. The molecule has 0 aromatic carbocycles. The van der Waals surface area contributed by atoms with Gasteiger partial charge in [0.05, 0.1) is 0 Å². The maximum absolute atomic E-state index is 11.9. The van der Waals surface area contributed by atoms with Crippen LogP contribution in [0, 0.1) is 5.92 Å². The lowest BCUT2D eigenvalue weighted by molar-refractivity contribution is -0.140. The van der Waals surface area contributed by atoms with Gasteiger partial charge in [-0.1, -0.05) is 13.3 Å². The molecule has 0 saturated heterocycles. The molecule has 1 aliphatic rings. The number of aliphatic carboxylic acids is 2. The highest BCUT2D eigenvalue weighted by molar-refractivity contribution is 5.84. The van der Waals surface area contributed by atoms with Crippen LogP contribution in [-0.2, 0) is 9.59 Å². The molecule has 0 aromatic rings. The van der Waals surface area contributed by atoms with Gasteiger partial charge < -0.3 is 20.4 Å². The molecule has 1 rings (SSSR count). The van der Waals surface area contributed by atoms with Crippen LogP contribution in [-0.4, -0.2) is 52.2 Å². The molecule has 3 N–H and O–H groups in total. The van der Waals surface area contributed by atoms with Gasteiger partial charge in [0.2, 0.25) is 0 Å². The van der Waals surface area contributed by atoms with Gasteiger partial charge in [0.25, 0.3) is 0 Å². The first-order valence-electron chi connectivity index (χ1n) is 6.91. The van der Waals surface area contributed by atoms with Crippen LogP contribution in [0.5, 0.6) is 0 Å². The average Bonchev–Trinajstić information content (AvgIpc) is 2.37. The van der Waals surface area contributed by atoms with Gasteiger partial charge in [-0.05, 0) is 31.6 Å². The molecular formula is C13H22N2O5. The molecule has 0 atom stereocenters. The second-order valence-corrected chi connectivity index (χ2v) is 5.22. The van der Waals surface area contributed by atoms with E-state index in [1.807, 2.05) is 0 Å². The van der Waals surface area contributed by atoms with E-state index in [-0.39, 0.29) is 6.04 Å². The van der Waals surface area contributed by atoms with Crippen molar-refractivity contribution in [3.8, 4) is 0 Å². The summed E-state index contributed by atoms with van der Waals surface area (Å²) in [6.45, 7) is 0.926. The molecule has 0 aromatic heterocycles. The van der Waals surface area contributed by atoms with Gasteiger partial charge in [-0.15, -0.1) is 0 Å². The van der Waals surface area contributed by atoms with E-state index in [4.69, 9.17) is 10.2 Å². The number of amides is 2. The zero-order valence-electron chi connectivity index (χ0n) is 11.7. The fourth-order valence-electron chi connectivity index (χ4n) is 2.51. The van der Waals surface area contributed by atoms with Gasteiger partial charge in [-0.25, -0.2) is 4.79 Å². The Balaban J connectivity index is 2.49. The van der Waals surface area contributed by atoms with Gasteiger partial charge in [-0.2, -0.15) is 0 Å². The standard InChI is InChI=1S/C13H22N2O5/c1-2-9-3-5-10(6-4-9)14-13(20)15(7-11(16)17)8-12(18)19/h9-10H,2-8H2,1H3,(H,14,20)(H,16,17)(H,18,19). The van der Waals surface area contributed by atoms with Gasteiger partial charge in [0.15, 0.2) is 0 Å². The van der Waals surface area contributed by atoms with Gasteiger partial charge >= 0.3 is 18.0 Å².